The molecule has 0 saturated carbocycles. The van der Waals surface area contributed by atoms with Crippen LogP contribution in [0.3, 0.4) is 0 Å². The molecule has 0 bridgehead atoms. The Morgan fingerprint density at radius 1 is 0.540 bits per heavy atom. The van der Waals surface area contributed by atoms with Crippen LogP contribution in [-0.2, 0) is 41.1 Å². The third-order valence-electron chi connectivity index (χ3n) is 9.64. The van der Waals surface area contributed by atoms with Crippen molar-refractivity contribution in [2.75, 3.05) is 97.8 Å². The van der Waals surface area contributed by atoms with E-state index in [1.54, 1.807) is 0 Å². The number of carbonyl (C=O) groups excluding carboxylic acids is 1. The van der Waals surface area contributed by atoms with Gasteiger partial charge in [0.2, 0.25) is 0 Å². The topological polar surface area (TPSA) is 124 Å². The van der Waals surface area contributed by atoms with Gasteiger partial charge in [-0.3, -0.25) is 5.32 Å². The molecule has 0 saturated heterocycles. The lowest BCUT2D eigenvalue weighted by Gasteiger charge is -2.26. The van der Waals surface area contributed by atoms with Crippen molar-refractivity contribution >= 4 is 11.8 Å². The van der Waals surface area contributed by atoms with Gasteiger partial charge < -0.3 is 47.9 Å². The molecule has 0 atom stereocenters. The monoisotopic (exact) mass is 873 g/mol. The summed E-state index contributed by atoms with van der Waals surface area (Å²) in [5, 5.41) is 6.29. The maximum absolute atomic E-state index is 12.0. The van der Waals surface area contributed by atoms with Gasteiger partial charge in [0.15, 0.2) is 23.0 Å². The first-order valence-corrected chi connectivity index (χ1v) is 22.2. The van der Waals surface area contributed by atoms with Gasteiger partial charge >= 0.3 is 6.09 Å². The van der Waals surface area contributed by atoms with Crippen LogP contribution in [0.5, 0.6) is 23.0 Å². The second-order valence-electron chi connectivity index (χ2n) is 17.3. The first kappa shape index (κ1) is 50.8. The number of amides is 1. The van der Waals surface area contributed by atoms with E-state index in [4.69, 9.17) is 42.6 Å². The lowest BCUT2D eigenvalue weighted by Crippen LogP contribution is -2.21. The van der Waals surface area contributed by atoms with E-state index in [2.05, 4.69) is 76.4 Å². The van der Waals surface area contributed by atoms with Gasteiger partial charge in [-0.05, 0) is 102 Å². The van der Waals surface area contributed by atoms with E-state index in [-0.39, 0.29) is 10.8 Å². The molecule has 0 unspecified atom stereocenters. The van der Waals surface area contributed by atoms with Crippen LogP contribution in [0.15, 0.2) is 84.9 Å². The van der Waals surface area contributed by atoms with Crippen LogP contribution in [0.4, 0.5) is 10.5 Å². The molecule has 1 amide bonds. The quantitative estimate of drug-likeness (QED) is 0.173. The third kappa shape index (κ3) is 20.5. The molecule has 0 spiro atoms. The molecule has 12 heteroatoms. The van der Waals surface area contributed by atoms with Crippen molar-refractivity contribution in [3.05, 3.63) is 113 Å². The number of hydrogen-bond acceptors (Lipinski definition) is 11. The van der Waals surface area contributed by atoms with E-state index >= 15 is 0 Å². The highest BCUT2D eigenvalue weighted by Crippen LogP contribution is 2.31. The SMILES string of the molecule is Cc1cc(C)cc(NC(=O)OCCCNCc2cc(C(C)(C)C)cc(C(C)(C)C)c2)c1.c1ccc2c(c1)OCCOCCOCCOc1ccccc1OCCOCCOCCO2. The molecule has 12 nitrogen and oxygen atoms in total. The first-order valence-electron chi connectivity index (χ1n) is 22.2. The molecule has 4 aromatic carbocycles. The summed E-state index contributed by atoms with van der Waals surface area (Å²) in [7, 11) is 0. The van der Waals surface area contributed by atoms with Crippen LogP contribution in [0.1, 0.15) is 75.8 Å². The standard InChI is InChI=1S/C27H40N2O2.C24H32O8/c1-19-12-20(2)14-24(13-19)29-25(30)31-11-9-10-28-18-21-15-22(26(3,4)5)17-23(16-21)27(6,7)8;1-2-6-22-21(5-1)29-17-13-25-9-10-27-15-19-31-23-7-3-4-8-24(23)32-20-16-28-12-11-26-14-18-30-22/h12-17,28H,9-11,18H2,1-8H3,(H,29,30);1-8H,9-20H2. The molecule has 1 aliphatic rings. The number of rotatable bonds is 7. The Morgan fingerprint density at radius 3 is 1.30 bits per heavy atom. The molecule has 0 aromatic heterocycles. The van der Waals surface area contributed by atoms with Crippen molar-refractivity contribution in [1.82, 2.24) is 5.32 Å². The summed E-state index contributed by atoms with van der Waals surface area (Å²) in [4.78, 5) is 12.0. The summed E-state index contributed by atoms with van der Waals surface area (Å²) in [6.07, 6.45) is 0.364. The minimum atomic E-state index is -0.405. The van der Waals surface area contributed by atoms with Crippen molar-refractivity contribution in [3.63, 3.8) is 0 Å². The molecular formula is C51H72N2O10. The highest BCUT2D eigenvalue weighted by atomic mass is 16.6. The third-order valence-corrected chi connectivity index (χ3v) is 9.64. The van der Waals surface area contributed by atoms with E-state index in [1.807, 2.05) is 74.5 Å². The number of benzene rings is 4. The molecule has 4 aromatic rings. The molecule has 1 aliphatic heterocycles. The number of nitrogens with one attached hydrogen (secondary N) is 2. The molecule has 1 heterocycles. The average molecular weight is 873 g/mol. The van der Waals surface area contributed by atoms with Gasteiger partial charge in [-0.25, -0.2) is 4.79 Å². The second kappa shape index (κ2) is 27.4. The van der Waals surface area contributed by atoms with Crippen LogP contribution in [-0.4, -0.2) is 98.5 Å². The van der Waals surface area contributed by atoms with Crippen molar-refractivity contribution in [2.45, 2.75) is 79.2 Å². The zero-order chi connectivity index (χ0) is 45.3. The van der Waals surface area contributed by atoms with Crippen molar-refractivity contribution in [1.29, 1.82) is 0 Å². The number of carbonyl (C=O) groups is 1. The maximum Gasteiger partial charge on any atom is 0.411 e. The minimum absolute atomic E-state index is 0.118. The van der Waals surface area contributed by atoms with E-state index in [1.165, 1.54) is 16.7 Å². The zero-order valence-corrected chi connectivity index (χ0v) is 39.0. The van der Waals surface area contributed by atoms with Crippen molar-refractivity contribution in [2.24, 2.45) is 0 Å². The summed E-state index contributed by atoms with van der Waals surface area (Å²) in [5.74, 6) is 2.73. The smallest absolute Gasteiger partial charge is 0.411 e. The Kier molecular flexibility index (Phi) is 22.1. The van der Waals surface area contributed by atoms with Gasteiger partial charge in [-0.2, -0.15) is 0 Å². The van der Waals surface area contributed by atoms with Gasteiger partial charge in [0.1, 0.15) is 26.4 Å². The van der Waals surface area contributed by atoms with Gasteiger partial charge in [-0.15, -0.1) is 0 Å². The predicted octanol–water partition coefficient (Wildman–Crippen LogP) is 9.61. The highest BCUT2D eigenvalue weighted by molar-refractivity contribution is 5.84. The Bertz CT molecular complexity index is 1740. The minimum Gasteiger partial charge on any atom is -0.487 e. The van der Waals surface area contributed by atoms with Crippen LogP contribution in [0.25, 0.3) is 0 Å². The fraction of sp³-hybridized carbons (Fsp3) is 0.510. The number of ether oxygens (including phenoxy) is 9. The summed E-state index contributed by atoms with van der Waals surface area (Å²) in [5.41, 5.74) is 7.26. The maximum atomic E-state index is 12.0. The summed E-state index contributed by atoms with van der Waals surface area (Å²) in [6, 6.07) is 28.0. The van der Waals surface area contributed by atoms with Crippen LogP contribution >= 0.6 is 0 Å². The molecule has 0 radical (unpaired) electrons. The Balaban J connectivity index is 0.000000277. The van der Waals surface area contributed by atoms with Gasteiger partial charge in [0.05, 0.1) is 59.5 Å². The molecule has 63 heavy (non-hydrogen) atoms. The number of para-hydroxylation sites is 4. The highest BCUT2D eigenvalue weighted by Gasteiger charge is 2.20. The van der Waals surface area contributed by atoms with Crippen LogP contribution in [0.2, 0.25) is 0 Å². The first-order chi connectivity index (χ1) is 30.3. The average Bonchev–Trinajstić information content (AvgIpc) is 3.23. The van der Waals surface area contributed by atoms with E-state index < -0.39 is 6.09 Å². The van der Waals surface area contributed by atoms with E-state index in [9.17, 15) is 4.79 Å². The molecule has 346 valence electrons. The summed E-state index contributed by atoms with van der Waals surface area (Å²) < 4.78 is 50.7. The van der Waals surface area contributed by atoms with Gasteiger partial charge in [0.25, 0.3) is 0 Å². The van der Waals surface area contributed by atoms with Crippen molar-refractivity contribution < 1.29 is 47.4 Å². The Morgan fingerprint density at radius 2 is 0.921 bits per heavy atom. The molecule has 2 N–H and O–H groups in total. The lowest BCUT2D eigenvalue weighted by molar-refractivity contribution is 0.0223. The van der Waals surface area contributed by atoms with Gasteiger partial charge in [-0.1, -0.05) is 90.1 Å². The number of hydrogen-bond donors (Lipinski definition) is 2. The summed E-state index contributed by atoms with van der Waals surface area (Å²) >= 11 is 0. The zero-order valence-electron chi connectivity index (χ0n) is 39.0. The Labute approximate surface area is 376 Å². The molecule has 0 fully saturated rings. The van der Waals surface area contributed by atoms with Crippen LogP contribution < -0.4 is 29.6 Å². The number of fused-ring (bicyclic) bond motifs is 2. The Hall–Kier alpha value is -4.85. The van der Waals surface area contributed by atoms with E-state index in [0.29, 0.717) is 109 Å². The fourth-order valence-corrected chi connectivity index (χ4v) is 6.32. The number of anilines is 1. The number of aryl methyl sites for hydroxylation is 2. The fourth-order valence-electron chi connectivity index (χ4n) is 6.32. The van der Waals surface area contributed by atoms with E-state index in [0.717, 1.165) is 36.3 Å². The van der Waals surface area contributed by atoms with Crippen molar-refractivity contribution in [3.8, 4) is 23.0 Å². The van der Waals surface area contributed by atoms with Crippen LogP contribution in [0, 0.1) is 13.8 Å². The molecular weight excluding hydrogens is 801 g/mol. The normalized spacial score (nSPS) is 15.2. The predicted molar refractivity (Wildman–Crippen MR) is 249 cm³/mol. The van der Waals surface area contributed by atoms with Gasteiger partial charge in [0, 0.05) is 12.2 Å². The largest absolute Gasteiger partial charge is 0.487 e. The second-order valence-corrected chi connectivity index (χ2v) is 17.3. The lowest BCUT2D eigenvalue weighted by atomic mass is 9.79. The molecule has 5 rings (SSSR count). The summed E-state index contributed by atoms with van der Waals surface area (Å²) in [6.45, 7) is 25.0. The molecule has 0 aliphatic carbocycles.